The largest absolute Gasteiger partial charge is 0.494 e. The molecule has 0 aromatic heterocycles. The Kier molecular flexibility index (Phi) is 5.15. The van der Waals surface area contributed by atoms with Crippen molar-refractivity contribution in [2.24, 2.45) is 0 Å². The van der Waals surface area contributed by atoms with Crippen LogP contribution < -0.4 is 4.74 Å². The molecule has 0 atom stereocenters. The number of hydrogen-bond acceptors (Lipinski definition) is 5. The van der Waals surface area contributed by atoms with E-state index < -0.39 is 9.84 Å². The average Bonchev–Trinajstić information content (AvgIpc) is 2.33. The van der Waals surface area contributed by atoms with Crippen LogP contribution in [-0.2, 0) is 19.4 Å². The molecule has 100 valence electrons. The highest BCUT2D eigenvalue weighted by Gasteiger charge is 2.07. The number of esters is 1. The lowest BCUT2D eigenvalue weighted by atomic mass is 10.3. The Bertz CT molecular complexity index is 507. The molecule has 0 saturated carbocycles. The molecule has 1 rings (SSSR count). The van der Waals surface area contributed by atoms with E-state index in [1.54, 1.807) is 12.1 Å². The van der Waals surface area contributed by atoms with Crippen molar-refractivity contribution < 1.29 is 22.7 Å². The molecule has 0 aliphatic rings. The lowest BCUT2D eigenvalue weighted by molar-refractivity contribution is -0.140. The first-order valence-corrected chi connectivity index (χ1v) is 7.32. The molecule has 6 heteroatoms. The molecule has 0 N–H and O–H groups in total. The fourth-order valence-electron chi connectivity index (χ4n) is 1.30. The summed E-state index contributed by atoms with van der Waals surface area (Å²) in [5.41, 5.74) is 0. The van der Waals surface area contributed by atoms with Crippen molar-refractivity contribution in [3.63, 3.8) is 0 Å². The Labute approximate surface area is 107 Å². The SMILES string of the molecule is COC(=O)CCCOc1cccc(S(C)(=O)=O)c1. The van der Waals surface area contributed by atoms with E-state index in [1.165, 1.54) is 19.2 Å². The van der Waals surface area contributed by atoms with Crippen molar-refractivity contribution in [1.29, 1.82) is 0 Å². The maximum atomic E-state index is 11.3. The minimum atomic E-state index is -3.23. The lowest BCUT2D eigenvalue weighted by Gasteiger charge is -2.06. The highest BCUT2D eigenvalue weighted by molar-refractivity contribution is 7.90. The predicted molar refractivity (Wildman–Crippen MR) is 66.3 cm³/mol. The normalized spacial score (nSPS) is 11.0. The van der Waals surface area contributed by atoms with Gasteiger partial charge in [-0.3, -0.25) is 4.79 Å². The molecule has 0 fully saturated rings. The van der Waals surface area contributed by atoms with Crippen LogP contribution in [0.1, 0.15) is 12.8 Å². The molecule has 1 aromatic rings. The average molecular weight is 272 g/mol. The van der Waals surface area contributed by atoms with Gasteiger partial charge in [-0.1, -0.05) is 6.07 Å². The number of hydrogen-bond donors (Lipinski definition) is 0. The van der Waals surface area contributed by atoms with Crippen molar-refractivity contribution >= 4 is 15.8 Å². The Morgan fingerprint density at radius 2 is 2.06 bits per heavy atom. The van der Waals surface area contributed by atoms with Crippen molar-refractivity contribution in [2.75, 3.05) is 20.0 Å². The van der Waals surface area contributed by atoms with E-state index in [0.29, 0.717) is 18.8 Å². The van der Waals surface area contributed by atoms with Crippen LogP contribution in [-0.4, -0.2) is 34.4 Å². The summed E-state index contributed by atoms with van der Waals surface area (Å²) in [7, 11) is -1.90. The van der Waals surface area contributed by atoms with Gasteiger partial charge < -0.3 is 9.47 Å². The van der Waals surface area contributed by atoms with Crippen molar-refractivity contribution in [1.82, 2.24) is 0 Å². The molecule has 0 unspecified atom stereocenters. The molecule has 18 heavy (non-hydrogen) atoms. The second-order valence-corrected chi connectivity index (χ2v) is 5.79. The van der Waals surface area contributed by atoms with E-state index >= 15 is 0 Å². The highest BCUT2D eigenvalue weighted by Crippen LogP contribution is 2.17. The molecular formula is C12H16O5S. The van der Waals surface area contributed by atoms with Crippen LogP contribution in [0.15, 0.2) is 29.2 Å². The first-order chi connectivity index (χ1) is 8.43. The van der Waals surface area contributed by atoms with E-state index in [2.05, 4.69) is 4.74 Å². The summed E-state index contributed by atoms with van der Waals surface area (Å²) < 4.78 is 32.5. The molecule has 0 bridgehead atoms. The summed E-state index contributed by atoms with van der Waals surface area (Å²) >= 11 is 0. The van der Waals surface area contributed by atoms with Gasteiger partial charge in [0.05, 0.1) is 18.6 Å². The molecule has 0 heterocycles. The summed E-state index contributed by atoms with van der Waals surface area (Å²) in [6.45, 7) is 0.336. The molecule has 1 aromatic carbocycles. The number of ether oxygens (including phenoxy) is 2. The highest BCUT2D eigenvalue weighted by atomic mass is 32.2. The molecule has 0 radical (unpaired) electrons. The Morgan fingerprint density at radius 1 is 1.33 bits per heavy atom. The zero-order valence-electron chi connectivity index (χ0n) is 10.4. The topological polar surface area (TPSA) is 69.7 Å². The number of carbonyl (C=O) groups excluding carboxylic acids is 1. The van der Waals surface area contributed by atoms with Crippen molar-refractivity contribution in [3.05, 3.63) is 24.3 Å². The van der Waals surface area contributed by atoms with E-state index in [1.807, 2.05) is 0 Å². The van der Waals surface area contributed by atoms with Gasteiger partial charge in [-0.15, -0.1) is 0 Å². The number of benzene rings is 1. The van der Waals surface area contributed by atoms with Crippen LogP contribution in [0.2, 0.25) is 0 Å². The molecule has 0 spiro atoms. The van der Waals surface area contributed by atoms with Crippen LogP contribution in [0.4, 0.5) is 0 Å². The van der Waals surface area contributed by atoms with Gasteiger partial charge in [0.2, 0.25) is 0 Å². The van der Waals surface area contributed by atoms with Crippen LogP contribution >= 0.6 is 0 Å². The first kappa shape index (κ1) is 14.5. The zero-order valence-corrected chi connectivity index (χ0v) is 11.2. The molecule has 0 aliphatic heterocycles. The summed E-state index contributed by atoms with van der Waals surface area (Å²) in [5.74, 6) is 0.186. The lowest BCUT2D eigenvalue weighted by Crippen LogP contribution is -2.05. The quantitative estimate of drug-likeness (QED) is 0.578. The number of rotatable bonds is 6. The van der Waals surface area contributed by atoms with Gasteiger partial charge in [0.25, 0.3) is 0 Å². The van der Waals surface area contributed by atoms with E-state index in [4.69, 9.17) is 4.74 Å². The van der Waals surface area contributed by atoms with Gasteiger partial charge in [-0.25, -0.2) is 8.42 Å². The number of carbonyl (C=O) groups is 1. The summed E-state index contributed by atoms with van der Waals surface area (Å²) in [6, 6.07) is 6.27. The maximum absolute atomic E-state index is 11.3. The van der Waals surface area contributed by atoms with Crippen LogP contribution in [0.5, 0.6) is 5.75 Å². The fourth-order valence-corrected chi connectivity index (χ4v) is 1.96. The molecule has 0 saturated heterocycles. The van der Waals surface area contributed by atoms with Gasteiger partial charge in [0.15, 0.2) is 9.84 Å². The van der Waals surface area contributed by atoms with Crippen molar-refractivity contribution in [2.45, 2.75) is 17.7 Å². The van der Waals surface area contributed by atoms with E-state index in [0.717, 1.165) is 6.26 Å². The number of sulfone groups is 1. The van der Waals surface area contributed by atoms with Gasteiger partial charge in [0, 0.05) is 12.7 Å². The zero-order chi connectivity index (χ0) is 13.6. The van der Waals surface area contributed by atoms with Crippen molar-refractivity contribution in [3.8, 4) is 5.75 Å². The molecule has 0 amide bonds. The summed E-state index contributed by atoms with van der Waals surface area (Å²) in [6.07, 6.45) is 1.95. The minimum absolute atomic E-state index is 0.216. The van der Waals surface area contributed by atoms with E-state index in [-0.39, 0.29) is 17.3 Å². The summed E-state index contributed by atoms with van der Waals surface area (Å²) in [5, 5.41) is 0. The molecular weight excluding hydrogens is 256 g/mol. The second kappa shape index (κ2) is 6.39. The first-order valence-electron chi connectivity index (χ1n) is 5.43. The van der Waals surface area contributed by atoms with Gasteiger partial charge in [-0.05, 0) is 24.6 Å². The fraction of sp³-hybridized carbons (Fsp3) is 0.417. The standard InChI is InChI=1S/C12H16O5S/c1-16-12(13)7-4-8-17-10-5-3-6-11(9-10)18(2,14)15/h3,5-6,9H,4,7-8H2,1-2H3. The monoisotopic (exact) mass is 272 g/mol. The smallest absolute Gasteiger partial charge is 0.305 e. The van der Waals surface area contributed by atoms with Crippen LogP contribution in [0.3, 0.4) is 0 Å². The minimum Gasteiger partial charge on any atom is -0.494 e. The van der Waals surface area contributed by atoms with E-state index in [9.17, 15) is 13.2 Å². The third-order valence-electron chi connectivity index (χ3n) is 2.26. The number of methoxy groups -OCH3 is 1. The maximum Gasteiger partial charge on any atom is 0.305 e. The molecule has 5 nitrogen and oxygen atoms in total. The molecule has 0 aliphatic carbocycles. The van der Waals surface area contributed by atoms with Gasteiger partial charge in [0.1, 0.15) is 5.75 Å². The Hall–Kier alpha value is -1.56. The second-order valence-electron chi connectivity index (χ2n) is 3.78. The van der Waals surface area contributed by atoms with Gasteiger partial charge in [-0.2, -0.15) is 0 Å². The predicted octanol–water partition coefficient (Wildman–Crippen LogP) is 1.42. The Balaban J connectivity index is 2.51. The van der Waals surface area contributed by atoms with Crippen LogP contribution in [0, 0.1) is 0 Å². The van der Waals surface area contributed by atoms with Crippen LogP contribution in [0.25, 0.3) is 0 Å². The summed E-state index contributed by atoms with van der Waals surface area (Å²) in [4.78, 5) is 11.1. The van der Waals surface area contributed by atoms with Gasteiger partial charge >= 0.3 is 5.97 Å². The third-order valence-corrected chi connectivity index (χ3v) is 3.37. The Morgan fingerprint density at radius 3 is 2.67 bits per heavy atom. The third kappa shape index (κ3) is 4.75.